The van der Waals surface area contributed by atoms with Gasteiger partial charge in [-0.3, -0.25) is 4.79 Å². The first-order chi connectivity index (χ1) is 6.43. The number of hydrogen-bond acceptors (Lipinski definition) is 2. The summed E-state index contributed by atoms with van der Waals surface area (Å²) < 4.78 is 25.4. The molecule has 0 aromatic carbocycles. The summed E-state index contributed by atoms with van der Waals surface area (Å²) in [6.07, 6.45) is 1.57. The number of carbonyl (C=O) groups is 2. The highest BCUT2D eigenvalue weighted by Gasteiger charge is 2.42. The van der Waals surface area contributed by atoms with E-state index >= 15 is 0 Å². The second-order valence-corrected chi connectivity index (χ2v) is 3.28. The molecule has 0 bridgehead atoms. The number of halogens is 2. The van der Waals surface area contributed by atoms with Gasteiger partial charge in [-0.1, -0.05) is 0 Å². The van der Waals surface area contributed by atoms with Crippen LogP contribution in [-0.2, 0) is 9.59 Å². The second-order valence-electron chi connectivity index (χ2n) is 3.28. The lowest BCUT2D eigenvalue weighted by atomic mass is 10.1. The van der Waals surface area contributed by atoms with Crippen LogP contribution in [0.3, 0.4) is 0 Å². The Morgan fingerprint density at radius 2 is 2.14 bits per heavy atom. The molecular formula is C8H11F2NO3. The molecule has 1 N–H and O–H groups in total. The molecule has 4 nitrogen and oxygen atoms in total. The van der Waals surface area contributed by atoms with Gasteiger partial charge in [-0.25, -0.2) is 4.79 Å². The number of aliphatic carboxylic acids is 1. The Bertz CT molecular complexity index is 255. The van der Waals surface area contributed by atoms with E-state index in [1.165, 1.54) is 0 Å². The highest BCUT2D eigenvalue weighted by molar-refractivity contribution is 5.79. The zero-order chi connectivity index (χ0) is 10.8. The lowest BCUT2D eigenvalue weighted by Gasteiger charge is -2.28. The summed E-state index contributed by atoms with van der Waals surface area (Å²) in [5.74, 6) is -6.42. The monoisotopic (exact) mass is 207 g/mol. The van der Waals surface area contributed by atoms with Crippen molar-refractivity contribution in [1.82, 2.24) is 4.90 Å². The number of carboxylic acid groups (broad SMARTS) is 1. The van der Waals surface area contributed by atoms with Gasteiger partial charge in [-0.05, 0) is 12.8 Å². The Morgan fingerprint density at radius 1 is 1.50 bits per heavy atom. The van der Waals surface area contributed by atoms with Gasteiger partial charge < -0.3 is 10.0 Å². The molecule has 0 aliphatic carbocycles. The van der Waals surface area contributed by atoms with Crippen molar-refractivity contribution >= 4 is 11.9 Å². The van der Waals surface area contributed by atoms with Crippen molar-refractivity contribution in [2.75, 3.05) is 13.1 Å². The topological polar surface area (TPSA) is 57.6 Å². The fraction of sp³-hybridized carbons (Fsp3) is 0.750. The number of carbonyl (C=O) groups excluding carboxylic acids is 1. The molecule has 0 aromatic rings. The van der Waals surface area contributed by atoms with E-state index in [9.17, 15) is 18.4 Å². The smallest absolute Gasteiger partial charge is 0.376 e. The summed E-state index contributed by atoms with van der Waals surface area (Å²) in [6, 6.07) is 0. The molecule has 0 atom stereocenters. The van der Waals surface area contributed by atoms with Gasteiger partial charge in [-0.2, -0.15) is 8.78 Å². The molecular weight excluding hydrogens is 196 g/mol. The number of nitrogens with zero attached hydrogens (tertiary/aromatic N) is 1. The van der Waals surface area contributed by atoms with Gasteiger partial charge in [-0.15, -0.1) is 0 Å². The molecule has 0 radical (unpaired) electrons. The van der Waals surface area contributed by atoms with Crippen LogP contribution in [0.5, 0.6) is 0 Å². The Hall–Kier alpha value is -1.20. The van der Waals surface area contributed by atoms with E-state index in [1.54, 1.807) is 0 Å². The van der Waals surface area contributed by atoms with Gasteiger partial charge in [0.2, 0.25) is 5.91 Å². The summed E-state index contributed by atoms with van der Waals surface area (Å²) in [6.45, 7) is -0.789. The van der Waals surface area contributed by atoms with Gasteiger partial charge in [0.15, 0.2) is 0 Å². The van der Waals surface area contributed by atoms with Crippen molar-refractivity contribution in [1.29, 1.82) is 0 Å². The van der Waals surface area contributed by atoms with Crippen molar-refractivity contribution in [3.63, 3.8) is 0 Å². The van der Waals surface area contributed by atoms with Crippen LogP contribution in [0.4, 0.5) is 8.78 Å². The highest BCUT2D eigenvalue weighted by Crippen LogP contribution is 2.19. The SMILES string of the molecule is O=C1CCCCN1CC(F)(F)C(=O)O. The van der Waals surface area contributed by atoms with Crippen LogP contribution in [0.2, 0.25) is 0 Å². The van der Waals surface area contributed by atoms with E-state index in [-0.39, 0.29) is 13.0 Å². The molecule has 1 aliphatic heterocycles. The number of alkyl halides is 2. The van der Waals surface area contributed by atoms with E-state index in [0.29, 0.717) is 12.8 Å². The molecule has 1 rings (SSSR count). The summed E-state index contributed by atoms with van der Waals surface area (Å²) in [7, 11) is 0. The van der Waals surface area contributed by atoms with E-state index in [1.807, 2.05) is 0 Å². The fourth-order valence-electron chi connectivity index (χ4n) is 1.34. The maximum Gasteiger partial charge on any atom is 0.376 e. The van der Waals surface area contributed by atoms with Gasteiger partial charge in [0.05, 0.1) is 6.54 Å². The molecule has 14 heavy (non-hydrogen) atoms. The Labute approximate surface area is 79.5 Å². The predicted molar refractivity (Wildman–Crippen MR) is 43.0 cm³/mol. The fourth-order valence-corrected chi connectivity index (χ4v) is 1.34. The molecule has 1 saturated heterocycles. The lowest BCUT2D eigenvalue weighted by molar-refractivity contribution is -0.169. The largest absolute Gasteiger partial charge is 0.477 e. The molecule has 1 amide bonds. The number of likely N-dealkylation sites (tertiary alicyclic amines) is 1. The molecule has 80 valence electrons. The maximum absolute atomic E-state index is 12.7. The van der Waals surface area contributed by atoms with Crippen LogP contribution in [0, 0.1) is 0 Å². The lowest BCUT2D eigenvalue weighted by Crippen LogP contribution is -2.46. The van der Waals surface area contributed by atoms with Crippen LogP contribution < -0.4 is 0 Å². The van der Waals surface area contributed by atoms with Crippen LogP contribution in [0.15, 0.2) is 0 Å². The summed E-state index contributed by atoms with van der Waals surface area (Å²) in [4.78, 5) is 22.1. The van der Waals surface area contributed by atoms with Gasteiger partial charge >= 0.3 is 11.9 Å². The first-order valence-corrected chi connectivity index (χ1v) is 4.32. The minimum absolute atomic E-state index is 0.224. The van der Waals surface area contributed by atoms with E-state index in [2.05, 4.69) is 0 Å². The summed E-state index contributed by atoms with van der Waals surface area (Å²) in [5, 5.41) is 8.17. The predicted octanol–water partition coefficient (Wildman–Crippen LogP) is 0.719. The third kappa shape index (κ3) is 2.40. The molecule has 1 aliphatic rings. The second kappa shape index (κ2) is 3.89. The minimum Gasteiger partial charge on any atom is -0.477 e. The normalized spacial score (nSPS) is 18.4. The molecule has 0 spiro atoms. The molecule has 0 unspecified atom stereocenters. The third-order valence-corrected chi connectivity index (χ3v) is 2.12. The Balaban J connectivity index is 2.58. The first-order valence-electron chi connectivity index (χ1n) is 4.32. The van der Waals surface area contributed by atoms with Crippen LogP contribution >= 0.6 is 0 Å². The molecule has 1 heterocycles. The molecule has 0 aromatic heterocycles. The number of amides is 1. The number of hydrogen-bond donors (Lipinski definition) is 1. The minimum atomic E-state index is -3.84. The highest BCUT2D eigenvalue weighted by atomic mass is 19.3. The van der Waals surface area contributed by atoms with Crippen LogP contribution in [0.1, 0.15) is 19.3 Å². The molecule has 1 fully saturated rings. The Morgan fingerprint density at radius 3 is 2.64 bits per heavy atom. The van der Waals surface area contributed by atoms with Crippen molar-refractivity contribution < 1.29 is 23.5 Å². The van der Waals surface area contributed by atoms with E-state index in [0.717, 1.165) is 4.90 Å². The van der Waals surface area contributed by atoms with Crippen molar-refractivity contribution in [3.8, 4) is 0 Å². The summed E-state index contributed by atoms with van der Waals surface area (Å²) >= 11 is 0. The first kappa shape index (κ1) is 10.9. The van der Waals surface area contributed by atoms with Gasteiger partial charge in [0.1, 0.15) is 0 Å². The van der Waals surface area contributed by atoms with Crippen LogP contribution in [-0.4, -0.2) is 40.9 Å². The quantitative estimate of drug-likeness (QED) is 0.741. The van der Waals surface area contributed by atoms with E-state index in [4.69, 9.17) is 5.11 Å². The Kier molecular flexibility index (Phi) is 3.03. The van der Waals surface area contributed by atoms with Gasteiger partial charge in [0.25, 0.3) is 0 Å². The average Bonchev–Trinajstić information content (AvgIpc) is 2.08. The zero-order valence-corrected chi connectivity index (χ0v) is 7.50. The molecule has 0 saturated carbocycles. The van der Waals surface area contributed by atoms with Crippen molar-refractivity contribution in [2.24, 2.45) is 0 Å². The van der Waals surface area contributed by atoms with Crippen molar-refractivity contribution in [2.45, 2.75) is 25.2 Å². The number of rotatable bonds is 3. The summed E-state index contributed by atoms with van der Waals surface area (Å²) in [5.41, 5.74) is 0. The average molecular weight is 207 g/mol. The maximum atomic E-state index is 12.7. The third-order valence-electron chi connectivity index (χ3n) is 2.12. The van der Waals surface area contributed by atoms with E-state index < -0.39 is 24.3 Å². The van der Waals surface area contributed by atoms with Crippen LogP contribution in [0.25, 0.3) is 0 Å². The number of piperidine rings is 1. The number of carboxylic acids is 1. The van der Waals surface area contributed by atoms with Crippen molar-refractivity contribution in [3.05, 3.63) is 0 Å². The van der Waals surface area contributed by atoms with Gasteiger partial charge in [0, 0.05) is 13.0 Å². The standard InChI is InChI=1S/C8H11F2NO3/c9-8(10,7(13)14)5-11-4-2-1-3-6(11)12/h1-5H2,(H,13,14). The molecule has 6 heteroatoms. The zero-order valence-electron chi connectivity index (χ0n) is 7.50.